The summed E-state index contributed by atoms with van der Waals surface area (Å²) in [5, 5.41) is 9.36. The van der Waals surface area contributed by atoms with Gasteiger partial charge in [0.25, 0.3) is 0 Å². The predicted molar refractivity (Wildman–Crippen MR) is 139 cm³/mol. The fourth-order valence-electron chi connectivity index (χ4n) is 5.12. The number of imidazole rings is 2. The molecule has 1 atom stereocenters. The van der Waals surface area contributed by atoms with Gasteiger partial charge in [0, 0.05) is 13.0 Å². The zero-order valence-electron chi connectivity index (χ0n) is 21.3. The fourth-order valence-corrected chi connectivity index (χ4v) is 5.12. The van der Waals surface area contributed by atoms with Crippen molar-refractivity contribution in [2.45, 2.75) is 25.4 Å². The minimum Gasteiger partial charge on any atom is -0.490 e. The Hall–Kier alpha value is -4.63. The highest BCUT2D eigenvalue weighted by Gasteiger charge is 2.33. The summed E-state index contributed by atoms with van der Waals surface area (Å²) in [6.45, 7) is 1.25. The van der Waals surface area contributed by atoms with E-state index in [9.17, 15) is 14.4 Å². The van der Waals surface area contributed by atoms with Crippen molar-refractivity contribution in [3.8, 4) is 17.8 Å². The predicted octanol–water partition coefficient (Wildman–Crippen LogP) is 3.41. The highest BCUT2D eigenvalue weighted by molar-refractivity contribution is 5.79. The standard InChI is InChI=1S/C27H24F2N8O2/c1-34(2)9-3-10-35-22-14-31-26(36-15-32-19-7-4-16(13-30)12-21(19)36)33-25(22)37(27(35)38)20-8-11-39-24-18(29)6-5-17(28)23(20)24/h4-7,12,14-15,20H,3,8-11H2,1-2H3/t20-/m1/s1. The van der Waals surface area contributed by atoms with Crippen molar-refractivity contribution in [3.05, 3.63) is 76.1 Å². The Morgan fingerprint density at radius 1 is 1.15 bits per heavy atom. The number of nitriles is 1. The lowest BCUT2D eigenvalue weighted by Crippen LogP contribution is -2.32. The van der Waals surface area contributed by atoms with Crippen LogP contribution in [0.4, 0.5) is 8.78 Å². The average molecular weight is 531 g/mol. The van der Waals surface area contributed by atoms with E-state index in [-0.39, 0.29) is 41.6 Å². The summed E-state index contributed by atoms with van der Waals surface area (Å²) >= 11 is 0. The van der Waals surface area contributed by atoms with Crippen LogP contribution in [0.1, 0.15) is 30.0 Å². The van der Waals surface area contributed by atoms with E-state index < -0.39 is 17.7 Å². The molecule has 0 saturated heterocycles. The van der Waals surface area contributed by atoms with Crippen molar-refractivity contribution < 1.29 is 13.5 Å². The van der Waals surface area contributed by atoms with Crippen molar-refractivity contribution >= 4 is 22.2 Å². The van der Waals surface area contributed by atoms with E-state index in [1.165, 1.54) is 4.57 Å². The lowest BCUT2D eigenvalue weighted by Gasteiger charge is -2.27. The Morgan fingerprint density at radius 3 is 2.77 bits per heavy atom. The van der Waals surface area contributed by atoms with Gasteiger partial charge in [0.2, 0.25) is 5.95 Å². The number of aryl methyl sites for hydroxylation is 1. The number of ether oxygens (including phenoxy) is 1. The number of nitrogens with zero attached hydrogens (tertiary/aromatic N) is 8. The van der Waals surface area contributed by atoms with Gasteiger partial charge in [0.1, 0.15) is 17.7 Å². The molecule has 6 rings (SSSR count). The molecule has 2 aromatic carbocycles. The van der Waals surface area contributed by atoms with Crippen LogP contribution in [0.15, 0.2) is 47.7 Å². The molecule has 0 spiro atoms. The molecule has 0 saturated carbocycles. The van der Waals surface area contributed by atoms with E-state index in [0.29, 0.717) is 35.1 Å². The van der Waals surface area contributed by atoms with Gasteiger partial charge in [0.05, 0.1) is 47.1 Å². The number of fused-ring (bicyclic) bond motifs is 3. The topological polar surface area (TPSA) is 107 Å². The van der Waals surface area contributed by atoms with Gasteiger partial charge in [0.15, 0.2) is 17.2 Å². The monoisotopic (exact) mass is 530 g/mol. The van der Waals surface area contributed by atoms with Crippen LogP contribution in [0, 0.1) is 23.0 Å². The van der Waals surface area contributed by atoms with Gasteiger partial charge in [-0.2, -0.15) is 10.2 Å². The second-order valence-corrected chi connectivity index (χ2v) is 9.69. The van der Waals surface area contributed by atoms with Crippen LogP contribution in [0.25, 0.3) is 28.1 Å². The molecular formula is C27H24F2N8O2. The van der Waals surface area contributed by atoms with Gasteiger partial charge < -0.3 is 9.64 Å². The molecule has 39 heavy (non-hydrogen) atoms. The van der Waals surface area contributed by atoms with Gasteiger partial charge >= 0.3 is 5.69 Å². The molecule has 198 valence electrons. The molecular weight excluding hydrogens is 506 g/mol. The van der Waals surface area contributed by atoms with Crippen LogP contribution in [0.2, 0.25) is 0 Å². The first-order chi connectivity index (χ1) is 18.9. The second kappa shape index (κ2) is 9.59. The molecule has 0 aliphatic carbocycles. The molecule has 0 amide bonds. The molecule has 10 nitrogen and oxygen atoms in total. The van der Waals surface area contributed by atoms with E-state index >= 15 is 4.39 Å². The summed E-state index contributed by atoms with van der Waals surface area (Å²) in [5.74, 6) is -1.31. The molecule has 5 aromatic rings. The Kier molecular flexibility index (Phi) is 6.07. The van der Waals surface area contributed by atoms with Crippen molar-refractivity contribution in [1.29, 1.82) is 5.26 Å². The zero-order valence-corrected chi connectivity index (χ0v) is 21.3. The smallest absolute Gasteiger partial charge is 0.330 e. The molecule has 4 heterocycles. The van der Waals surface area contributed by atoms with Crippen molar-refractivity contribution in [1.82, 2.24) is 33.6 Å². The Bertz CT molecular complexity index is 1830. The van der Waals surface area contributed by atoms with Gasteiger partial charge in [-0.15, -0.1) is 0 Å². The van der Waals surface area contributed by atoms with E-state index in [0.717, 1.165) is 18.7 Å². The van der Waals surface area contributed by atoms with E-state index in [2.05, 4.69) is 16.0 Å². The van der Waals surface area contributed by atoms with Crippen LogP contribution < -0.4 is 10.4 Å². The minimum absolute atomic E-state index is 0.0115. The molecule has 3 aromatic heterocycles. The van der Waals surface area contributed by atoms with Crippen LogP contribution in [0.5, 0.6) is 5.75 Å². The van der Waals surface area contributed by atoms with Gasteiger partial charge in [-0.3, -0.25) is 13.7 Å². The normalized spacial score (nSPS) is 15.0. The Labute approximate surface area is 221 Å². The molecule has 0 bridgehead atoms. The molecule has 0 unspecified atom stereocenters. The second-order valence-electron chi connectivity index (χ2n) is 9.69. The third-order valence-corrected chi connectivity index (χ3v) is 6.95. The number of halogens is 2. The SMILES string of the molecule is CN(C)CCCn1c(=O)n([C@@H]2CCOc3c(F)ccc(F)c32)c2nc(-n3cnc4ccc(C#N)cc43)ncc21. The summed E-state index contributed by atoms with van der Waals surface area (Å²) in [4.78, 5) is 29.6. The minimum atomic E-state index is -0.831. The number of hydrogen-bond donors (Lipinski definition) is 0. The third-order valence-electron chi connectivity index (χ3n) is 6.95. The number of benzene rings is 2. The van der Waals surface area contributed by atoms with Crippen LogP contribution in [-0.4, -0.2) is 60.8 Å². The maximum absolute atomic E-state index is 15.1. The lowest BCUT2D eigenvalue weighted by molar-refractivity contribution is 0.238. The van der Waals surface area contributed by atoms with Crippen molar-refractivity contribution in [3.63, 3.8) is 0 Å². The fraction of sp³-hybridized carbons (Fsp3) is 0.296. The van der Waals surface area contributed by atoms with Crippen molar-refractivity contribution in [2.75, 3.05) is 27.2 Å². The largest absolute Gasteiger partial charge is 0.490 e. The van der Waals surface area contributed by atoms with Crippen LogP contribution in [-0.2, 0) is 6.54 Å². The summed E-state index contributed by atoms with van der Waals surface area (Å²) in [5.41, 5.74) is 2.08. The summed E-state index contributed by atoms with van der Waals surface area (Å²) < 4.78 is 39.8. The van der Waals surface area contributed by atoms with E-state index in [1.54, 1.807) is 39.9 Å². The maximum atomic E-state index is 15.1. The van der Waals surface area contributed by atoms with Crippen molar-refractivity contribution in [2.24, 2.45) is 0 Å². The average Bonchev–Trinajstić information content (AvgIpc) is 3.48. The zero-order chi connectivity index (χ0) is 27.3. The lowest BCUT2D eigenvalue weighted by atomic mass is 9.99. The maximum Gasteiger partial charge on any atom is 0.330 e. The number of aromatic nitrogens is 6. The summed E-state index contributed by atoms with van der Waals surface area (Å²) in [7, 11) is 3.90. The van der Waals surface area contributed by atoms with Crippen LogP contribution in [0.3, 0.4) is 0 Å². The highest BCUT2D eigenvalue weighted by Crippen LogP contribution is 2.39. The Balaban J connectivity index is 1.57. The van der Waals surface area contributed by atoms with E-state index in [1.807, 2.05) is 19.0 Å². The highest BCUT2D eigenvalue weighted by atomic mass is 19.1. The van der Waals surface area contributed by atoms with Gasteiger partial charge in [-0.1, -0.05) is 0 Å². The molecule has 0 fully saturated rings. The van der Waals surface area contributed by atoms with Gasteiger partial charge in [-0.25, -0.2) is 23.5 Å². The summed E-state index contributed by atoms with van der Waals surface area (Å²) in [6, 6.07) is 8.43. The first-order valence-corrected chi connectivity index (χ1v) is 12.5. The molecule has 12 heteroatoms. The first-order valence-electron chi connectivity index (χ1n) is 12.5. The summed E-state index contributed by atoms with van der Waals surface area (Å²) in [6.07, 6.45) is 4.04. The first kappa shape index (κ1) is 24.7. The molecule has 1 aliphatic heterocycles. The molecule has 1 aliphatic rings. The van der Waals surface area contributed by atoms with E-state index in [4.69, 9.17) is 9.72 Å². The number of hydrogen-bond acceptors (Lipinski definition) is 7. The quantitative estimate of drug-likeness (QED) is 0.331. The Morgan fingerprint density at radius 2 is 1.97 bits per heavy atom. The van der Waals surface area contributed by atoms with Gasteiger partial charge in [-0.05, 0) is 57.4 Å². The third kappa shape index (κ3) is 4.11. The van der Waals surface area contributed by atoms with Crippen LogP contribution >= 0.6 is 0 Å². The molecule has 0 N–H and O–H groups in total. The number of rotatable bonds is 6. The molecule has 0 radical (unpaired) electrons.